The molecule has 158 valence electrons. The molecule has 0 atom stereocenters. The number of nitrogens with one attached hydrogen (secondary N) is 3. The lowest BCUT2D eigenvalue weighted by Gasteiger charge is -2.19. The van der Waals surface area contributed by atoms with Crippen LogP contribution in [0.25, 0.3) is 0 Å². The molecule has 0 spiro atoms. The molecule has 1 amide bonds. The van der Waals surface area contributed by atoms with Gasteiger partial charge >= 0.3 is 6.09 Å². The minimum Gasteiger partial charge on any atom is -0.444 e. The zero-order valence-corrected chi connectivity index (χ0v) is 17.8. The van der Waals surface area contributed by atoms with Crippen molar-refractivity contribution < 1.29 is 9.53 Å². The number of aliphatic imine (C=N–C) groups is 1. The van der Waals surface area contributed by atoms with Gasteiger partial charge in [0.2, 0.25) is 0 Å². The van der Waals surface area contributed by atoms with Gasteiger partial charge in [-0.25, -0.2) is 9.79 Å². The van der Waals surface area contributed by atoms with Crippen LogP contribution < -0.4 is 16.0 Å². The van der Waals surface area contributed by atoms with E-state index < -0.39 is 11.7 Å². The van der Waals surface area contributed by atoms with Crippen LogP contribution >= 0.6 is 0 Å². The smallest absolute Gasteiger partial charge is 0.412 e. The molecule has 0 aliphatic carbocycles. The predicted octanol–water partition coefficient (Wildman–Crippen LogP) is 2.46. The van der Waals surface area contributed by atoms with E-state index >= 15 is 0 Å². The van der Waals surface area contributed by atoms with E-state index in [9.17, 15) is 4.79 Å². The third-order valence-electron chi connectivity index (χ3n) is 3.83. The van der Waals surface area contributed by atoms with E-state index in [-0.39, 0.29) is 0 Å². The highest BCUT2D eigenvalue weighted by molar-refractivity contribution is 5.84. The quantitative estimate of drug-likeness (QED) is 0.486. The number of aromatic nitrogens is 3. The van der Waals surface area contributed by atoms with Crippen molar-refractivity contribution in [1.29, 1.82) is 0 Å². The molecule has 0 saturated heterocycles. The van der Waals surface area contributed by atoms with Gasteiger partial charge < -0.3 is 19.9 Å². The molecule has 1 heterocycles. The number of guanidine groups is 1. The maximum Gasteiger partial charge on any atom is 0.412 e. The Labute approximate surface area is 172 Å². The van der Waals surface area contributed by atoms with E-state index in [0.29, 0.717) is 12.2 Å². The summed E-state index contributed by atoms with van der Waals surface area (Å²) in [6.45, 7) is 9.48. The molecule has 2 aromatic rings. The van der Waals surface area contributed by atoms with Gasteiger partial charge in [0.1, 0.15) is 18.5 Å². The fourth-order valence-electron chi connectivity index (χ4n) is 2.44. The fourth-order valence-corrected chi connectivity index (χ4v) is 2.44. The summed E-state index contributed by atoms with van der Waals surface area (Å²) in [6.07, 6.45) is 2.02. The molecule has 1 aromatic carbocycles. The number of carbonyl (C=O) groups is 1. The Bertz CT molecular complexity index is 807. The summed E-state index contributed by atoms with van der Waals surface area (Å²) >= 11 is 0. The number of amides is 1. The van der Waals surface area contributed by atoms with Gasteiger partial charge in [-0.15, -0.1) is 10.2 Å². The van der Waals surface area contributed by atoms with Crippen molar-refractivity contribution in [3.63, 3.8) is 0 Å². The van der Waals surface area contributed by atoms with Crippen molar-refractivity contribution in [3.05, 3.63) is 42.0 Å². The number of nitrogens with zero attached hydrogens (tertiary/aromatic N) is 4. The summed E-state index contributed by atoms with van der Waals surface area (Å²) in [5.41, 5.74) is 1.33. The lowest BCUT2D eigenvalue weighted by Crippen LogP contribution is -2.38. The Morgan fingerprint density at radius 1 is 1.21 bits per heavy atom. The third kappa shape index (κ3) is 8.20. The number of carbonyl (C=O) groups excluding carboxylic acids is 1. The van der Waals surface area contributed by atoms with Crippen LogP contribution in [0.4, 0.5) is 10.5 Å². The maximum absolute atomic E-state index is 11.8. The van der Waals surface area contributed by atoms with E-state index in [2.05, 4.69) is 31.1 Å². The fraction of sp³-hybridized carbons (Fsp3) is 0.500. The Morgan fingerprint density at radius 3 is 2.52 bits per heavy atom. The molecule has 3 N–H and O–H groups in total. The molecular weight excluding hydrogens is 370 g/mol. The first-order valence-electron chi connectivity index (χ1n) is 9.71. The molecule has 0 radical (unpaired) electrons. The minimum atomic E-state index is -0.520. The first kappa shape index (κ1) is 22.2. The predicted molar refractivity (Wildman–Crippen MR) is 114 cm³/mol. The zero-order chi connectivity index (χ0) is 21.3. The standard InChI is InChI=1S/C20H31N7O2/c1-6-21-18(23-13-17-26-24-14-27(17)5)22-12-11-15-7-9-16(10-8-15)25-19(28)29-20(2,3)4/h7-10,14H,6,11-13H2,1-5H3,(H,25,28)(H2,21,22,23). The molecule has 1 aromatic heterocycles. The van der Waals surface area contributed by atoms with Crippen molar-refractivity contribution in [3.8, 4) is 0 Å². The molecule has 9 nitrogen and oxygen atoms in total. The second kappa shape index (κ2) is 10.4. The molecule has 0 bridgehead atoms. The van der Waals surface area contributed by atoms with Crippen LogP contribution in [0.3, 0.4) is 0 Å². The van der Waals surface area contributed by atoms with Gasteiger partial charge in [0.15, 0.2) is 11.8 Å². The summed E-state index contributed by atoms with van der Waals surface area (Å²) in [5.74, 6) is 1.54. The number of anilines is 1. The van der Waals surface area contributed by atoms with Crippen LogP contribution in [0.2, 0.25) is 0 Å². The van der Waals surface area contributed by atoms with Crippen molar-refractivity contribution >= 4 is 17.7 Å². The summed E-state index contributed by atoms with van der Waals surface area (Å²) in [7, 11) is 1.90. The van der Waals surface area contributed by atoms with Gasteiger partial charge in [-0.1, -0.05) is 12.1 Å². The van der Waals surface area contributed by atoms with E-state index in [0.717, 1.165) is 36.9 Å². The largest absolute Gasteiger partial charge is 0.444 e. The Balaban J connectivity index is 1.82. The first-order chi connectivity index (χ1) is 13.8. The molecule has 0 saturated carbocycles. The number of hydrogen-bond donors (Lipinski definition) is 3. The Morgan fingerprint density at radius 2 is 1.93 bits per heavy atom. The van der Waals surface area contributed by atoms with Crippen molar-refractivity contribution in [2.24, 2.45) is 12.0 Å². The van der Waals surface area contributed by atoms with E-state index in [1.807, 2.05) is 63.6 Å². The highest BCUT2D eigenvalue weighted by atomic mass is 16.6. The van der Waals surface area contributed by atoms with Gasteiger partial charge in [-0.3, -0.25) is 5.32 Å². The van der Waals surface area contributed by atoms with Crippen LogP contribution in [0.5, 0.6) is 0 Å². The van der Waals surface area contributed by atoms with Gasteiger partial charge in [-0.2, -0.15) is 0 Å². The molecule has 0 unspecified atom stereocenters. The number of hydrogen-bond acceptors (Lipinski definition) is 5. The first-order valence-corrected chi connectivity index (χ1v) is 9.71. The SMILES string of the molecule is CCNC(=NCc1nncn1C)NCCc1ccc(NC(=O)OC(C)(C)C)cc1. The second-order valence-corrected chi connectivity index (χ2v) is 7.55. The summed E-state index contributed by atoms with van der Waals surface area (Å²) < 4.78 is 7.10. The third-order valence-corrected chi connectivity index (χ3v) is 3.83. The molecule has 0 aliphatic heterocycles. The van der Waals surface area contributed by atoms with Gasteiger partial charge in [0, 0.05) is 25.8 Å². The summed E-state index contributed by atoms with van der Waals surface area (Å²) in [5, 5.41) is 17.2. The number of ether oxygens (including phenoxy) is 1. The van der Waals surface area contributed by atoms with Crippen molar-refractivity contribution in [2.75, 3.05) is 18.4 Å². The Kier molecular flexibility index (Phi) is 7.99. The number of aryl methyl sites for hydroxylation is 1. The average molecular weight is 402 g/mol. The lowest BCUT2D eigenvalue weighted by molar-refractivity contribution is 0.0636. The number of rotatable bonds is 7. The normalized spacial score (nSPS) is 11.8. The summed E-state index contributed by atoms with van der Waals surface area (Å²) in [6, 6.07) is 7.70. The van der Waals surface area contributed by atoms with Crippen LogP contribution in [-0.4, -0.2) is 45.5 Å². The second-order valence-electron chi connectivity index (χ2n) is 7.55. The van der Waals surface area contributed by atoms with Crippen molar-refractivity contribution in [1.82, 2.24) is 25.4 Å². The highest BCUT2D eigenvalue weighted by Crippen LogP contribution is 2.13. The molecule has 0 fully saturated rings. The van der Waals surface area contributed by atoms with E-state index in [1.165, 1.54) is 0 Å². The topological polar surface area (TPSA) is 105 Å². The lowest BCUT2D eigenvalue weighted by atomic mass is 10.1. The highest BCUT2D eigenvalue weighted by Gasteiger charge is 2.16. The van der Waals surface area contributed by atoms with Gasteiger partial charge in [-0.05, 0) is 51.8 Å². The van der Waals surface area contributed by atoms with Crippen LogP contribution in [0.15, 0.2) is 35.6 Å². The van der Waals surface area contributed by atoms with Gasteiger partial charge in [0.05, 0.1) is 0 Å². The molecule has 2 rings (SSSR count). The minimum absolute atomic E-state index is 0.455. The van der Waals surface area contributed by atoms with Crippen LogP contribution in [0, 0.1) is 0 Å². The van der Waals surface area contributed by atoms with Crippen molar-refractivity contribution in [2.45, 2.75) is 46.3 Å². The van der Waals surface area contributed by atoms with Crippen LogP contribution in [0.1, 0.15) is 39.1 Å². The zero-order valence-electron chi connectivity index (χ0n) is 17.8. The van der Waals surface area contributed by atoms with E-state index in [4.69, 9.17) is 4.74 Å². The van der Waals surface area contributed by atoms with Crippen LogP contribution in [-0.2, 0) is 24.8 Å². The van der Waals surface area contributed by atoms with E-state index in [1.54, 1.807) is 6.33 Å². The molecule has 29 heavy (non-hydrogen) atoms. The molecule has 0 aliphatic rings. The molecule has 9 heteroatoms. The average Bonchev–Trinajstić information content (AvgIpc) is 3.04. The Hall–Kier alpha value is -3.10. The monoisotopic (exact) mass is 401 g/mol. The summed E-state index contributed by atoms with van der Waals surface area (Å²) in [4.78, 5) is 16.3. The van der Waals surface area contributed by atoms with Gasteiger partial charge in [0.25, 0.3) is 0 Å². The number of benzene rings is 1. The maximum atomic E-state index is 11.8. The molecular formula is C20H31N7O2.